The number of aromatic nitrogens is 1. The summed E-state index contributed by atoms with van der Waals surface area (Å²) in [4.78, 5) is 4.02. The van der Waals surface area contributed by atoms with E-state index in [-0.39, 0.29) is 0 Å². The zero-order valence-corrected chi connectivity index (χ0v) is 15.2. The van der Waals surface area contributed by atoms with Gasteiger partial charge in [-0.2, -0.15) is 0 Å². The van der Waals surface area contributed by atoms with Crippen molar-refractivity contribution in [2.45, 2.75) is 63.8 Å². The molecule has 130 valence electrons. The van der Waals surface area contributed by atoms with Gasteiger partial charge in [0, 0.05) is 36.4 Å². The topological polar surface area (TPSA) is 17.4 Å². The van der Waals surface area contributed by atoms with E-state index in [1.807, 2.05) is 11.3 Å². The monoisotopic (exact) mass is 344 g/mol. The van der Waals surface area contributed by atoms with E-state index in [1.165, 1.54) is 62.2 Å². The van der Waals surface area contributed by atoms with E-state index in [1.54, 1.807) is 0 Å². The maximum absolute atomic E-state index is 6.30. The second-order valence-electron chi connectivity index (χ2n) is 7.22. The molecule has 4 rings (SSSR count). The molecule has 1 aliphatic carbocycles. The van der Waals surface area contributed by atoms with Crippen LogP contribution in [0, 0.1) is 0 Å². The highest BCUT2D eigenvalue weighted by Crippen LogP contribution is 2.26. The first-order valence-corrected chi connectivity index (χ1v) is 10.3. The number of likely N-dealkylation sites (tertiary alicyclic amines) is 1. The van der Waals surface area contributed by atoms with E-state index in [0.29, 0.717) is 12.2 Å². The minimum Gasteiger partial charge on any atom is -0.375 e. The first-order chi connectivity index (χ1) is 11.9. The van der Waals surface area contributed by atoms with E-state index in [2.05, 4.69) is 45.3 Å². The first kappa shape index (κ1) is 16.4. The first-order valence-electron chi connectivity index (χ1n) is 9.41. The van der Waals surface area contributed by atoms with Crippen LogP contribution in [0.3, 0.4) is 0 Å². The van der Waals surface area contributed by atoms with Crippen LogP contribution < -0.4 is 0 Å². The molecule has 1 saturated heterocycles. The van der Waals surface area contributed by atoms with Gasteiger partial charge in [-0.1, -0.05) is 18.9 Å². The molecule has 0 radical (unpaired) electrons. The SMILES string of the molecule is c1csc(Cn2cccc2CN2CCC(OC3CCCC3)CC2)c1. The van der Waals surface area contributed by atoms with E-state index in [0.717, 1.165) is 13.1 Å². The van der Waals surface area contributed by atoms with E-state index in [4.69, 9.17) is 4.74 Å². The predicted molar refractivity (Wildman–Crippen MR) is 99.5 cm³/mol. The van der Waals surface area contributed by atoms with Gasteiger partial charge in [-0.3, -0.25) is 4.90 Å². The number of hydrogen-bond donors (Lipinski definition) is 0. The third kappa shape index (κ3) is 4.11. The van der Waals surface area contributed by atoms with Crippen LogP contribution in [0.4, 0.5) is 0 Å². The number of rotatable bonds is 6. The van der Waals surface area contributed by atoms with Gasteiger partial charge < -0.3 is 9.30 Å². The van der Waals surface area contributed by atoms with Crippen LogP contribution in [0.2, 0.25) is 0 Å². The number of nitrogens with zero attached hydrogens (tertiary/aromatic N) is 2. The lowest BCUT2D eigenvalue weighted by atomic mass is 10.1. The van der Waals surface area contributed by atoms with E-state index in [9.17, 15) is 0 Å². The van der Waals surface area contributed by atoms with Gasteiger partial charge in [-0.05, 0) is 49.3 Å². The van der Waals surface area contributed by atoms with Gasteiger partial charge in [-0.25, -0.2) is 0 Å². The van der Waals surface area contributed by atoms with Crippen LogP contribution in [0.25, 0.3) is 0 Å². The Kier molecular flexibility index (Phi) is 5.36. The molecular formula is C20H28N2OS. The molecule has 1 aliphatic heterocycles. The molecule has 2 aromatic heterocycles. The molecule has 0 aromatic carbocycles. The summed E-state index contributed by atoms with van der Waals surface area (Å²) in [6, 6.07) is 8.81. The fourth-order valence-electron chi connectivity index (χ4n) is 4.05. The van der Waals surface area contributed by atoms with Crippen LogP contribution in [0.5, 0.6) is 0 Å². The summed E-state index contributed by atoms with van der Waals surface area (Å²) in [5, 5.41) is 2.16. The Morgan fingerprint density at radius 2 is 1.75 bits per heavy atom. The summed E-state index contributed by atoms with van der Waals surface area (Å²) in [7, 11) is 0. The molecule has 0 unspecified atom stereocenters. The molecule has 0 atom stereocenters. The molecule has 1 saturated carbocycles. The summed E-state index contributed by atoms with van der Waals surface area (Å²) in [5.41, 5.74) is 1.43. The van der Waals surface area contributed by atoms with Crippen molar-refractivity contribution in [3.63, 3.8) is 0 Å². The van der Waals surface area contributed by atoms with Gasteiger partial charge >= 0.3 is 0 Å². The molecule has 2 aliphatic rings. The average molecular weight is 345 g/mol. The second kappa shape index (κ2) is 7.85. The Balaban J connectivity index is 1.27. The van der Waals surface area contributed by atoms with Crippen LogP contribution >= 0.6 is 11.3 Å². The standard InChI is InChI=1S/C20H28N2OS/c1-2-7-18(6-1)23-19-9-12-21(13-10-19)15-17-5-3-11-22(17)16-20-8-4-14-24-20/h3-5,8,11,14,18-19H,1-2,6-7,9-10,12-13,15-16H2. The van der Waals surface area contributed by atoms with Crippen molar-refractivity contribution in [1.29, 1.82) is 0 Å². The van der Waals surface area contributed by atoms with Gasteiger partial charge in [0.05, 0.1) is 18.8 Å². The third-order valence-electron chi connectivity index (χ3n) is 5.44. The quantitative estimate of drug-likeness (QED) is 0.766. The van der Waals surface area contributed by atoms with Gasteiger partial charge in [0.15, 0.2) is 0 Å². The van der Waals surface area contributed by atoms with Crippen molar-refractivity contribution in [1.82, 2.24) is 9.47 Å². The number of hydrogen-bond acceptors (Lipinski definition) is 3. The lowest BCUT2D eigenvalue weighted by Crippen LogP contribution is -2.38. The van der Waals surface area contributed by atoms with Gasteiger partial charge in [0.2, 0.25) is 0 Å². The summed E-state index contributed by atoms with van der Waals surface area (Å²) < 4.78 is 8.69. The molecule has 24 heavy (non-hydrogen) atoms. The maximum Gasteiger partial charge on any atom is 0.0603 e. The molecule has 4 heteroatoms. The highest BCUT2D eigenvalue weighted by atomic mass is 32.1. The van der Waals surface area contributed by atoms with Crippen molar-refractivity contribution in [3.8, 4) is 0 Å². The highest BCUT2D eigenvalue weighted by Gasteiger charge is 2.24. The van der Waals surface area contributed by atoms with Crippen LogP contribution in [0.15, 0.2) is 35.8 Å². The van der Waals surface area contributed by atoms with Crippen molar-refractivity contribution in [3.05, 3.63) is 46.4 Å². The Bertz CT molecular complexity index is 607. The van der Waals surface area contributed by atoms with Crippen molar-refractivity contribution < 1.29 is 4.74 Å². The smallest absolute Gasteiger partial charge is 0.0603 e. The van der Waals surface area contributed by atoms with Gasteiger partial charge in [-0.15, -0.1) is 11.3 Å². The van der Waals surface area contributed by atoms with E-state index >= 15 is 0 Å². The lowest BCUT2D eigenvalue weighted by molar-refractivity contribution is -0.0402. The minimum atomic E-state index is 0.502. The Hall–Kier alpha value is -1.10. The number of ether oxygens (including phenoxy) is 1. The normalized spacial score (nSPS) is 20.8. The average Bonchev–Trinajstić information content (AvgIpc) is 3.34. The van der Waals surface area contributed by atoms with Crippen molar-refractivity contribution >= 4 is 11.3 Å². The number of thiophene rings is 1. The molecule has 0 spiro atoms. The molecular weight excluding hydrogens is 316 g/mol. The van der Waals surface area contributed by atoms with Crippen LogP contribution in [-0.2, 0) is 17.8 Å². The fourth-order valence-corrected chi connectivity index (χ4v) is 4.75. The van der Waals surface area contributed by atoms with Crippen LogP contribution in [-0.4, -0.2) is 34.8 Å². The minimum absolute atomic E-state index is 0.502. The van der Waals surface area contributed by atoms with Crippen molar-refractivity contribution in [2.24, 2.45) is 0 Å². The zero-order valence-electron chi connectivity index (χ0n) is 14.4. The van der Waals surface area contributed by atoms with Gasteiger partial charge in [0.1, 0.15) is 0 Å². The fraction of sp³-hybridized carbons (Fsp3) is 0.600. The largest absolute Gasteiger partial charge is 0.375 e. The molecule has 0 N–H and O–H groups in total. The molecule has 0 amide bonds. The third-order valence-corrected chi connectivity index (χ3v) is 6.30. The van der Waals surface area contributed by atoms with Gasteiger partial charge in [0.25, 0.3) is 0 Å². The number of piperidine rings is 1. The van der Waals surface area contributed by atoms with Crippen LogP contribution in [0.1, 0.15) is 49.1 Å². The Labute approximate surface area is 149 Å². The zero-order chi connectivity index (χ0) is 16.2. The highest BCUT2D eigenvalue weighted by molar-refractivity contribution is 7.09. The Morgan fingerprint density at radius 1 is 0.958 bits per heavy atom. The maximum atomic E-state index is 6.30. The summed E-state index contributed by atoms with van der Waals surface area (Å²) >= 11 is 1.84. The molecule has 3 nitrogen and oxygen atoms in total. The summed E-state index contributed by atoms with van der Waals surface area (Å²) in [6.45, 7) is 4.40. The molecule has 3 heterocycles. The predicted octanol–water partition coefficient (Wildman–Crippen LogP) is 4.52. The molecule has 2 aromatic rings. The van der Waals surface area contributed by atoms with Crippen molar-refractivity contribution in [2.75, 3.05) is 13.1 Å². The van der Waals surface area contributed by atoms with E-state index < -0.39 is 0 Å². The Morgan fingerprint density at radius 3 is 2.50 bits per heavy atom. The molecule has 2 fully saturated rings. The summed E-state index contributed by atoms with van der Waals surface area (Å²) in [5.74, 6) is 0. The lowest BCUT2D eigenvalue weighted by Gasteiger charge is -2.33. The summed E-state index contributed by atoms with van der Waals surface area (Å²) in [6.07, 6.45) is 11.0. The second-order valence-corrected chi connectivity index (χ2v) is 8.26. The molecule has 0 bridgehead atoms.